The molecule has 5 nitrogen and oxygen atoms in total. The summed E-state index contributed by atoms with van der Waals surface area (Å²) in [5, 5.41) is 0. The van der Waals surface area contributed by atoms with Crippen LogP contribution in [0, 0.1) is 0 Å². The zero-order valence-electron chi connectivity index (χ0n) is 13.2. The van der Waals surface area contributed by atoms with E-state index in [9.17, 15) is 9.59 Å². The smallest absolute Gasteiger partial charge is 0.312 e. The van der Waals surface area contributed by atoms with Gasteiger partial charge in [0.2, 0.25) is 0 Å². The molecular weight excluding hydrogens is 278 g/mol. The molecule has 3 amide bonds. The van der Waals surface area contributed by atoms with E-state index in [1.165, 1.54) is 4.90 Å². The Labute approximate surface area is 131 Å². The largest absolute Gasteiger partial charge is 0.327 e. The van der Waals surface area contributed by atoms with E-state index < -0.39 is 0 Å². The van der Waals surface area contributed by atoms with Crippen LogP contribution in [0.4, 0.5) is 4.79 Å². The Morgan fingerprint density at radius 3 is 2.55 bits per heavy atom. The number of nitrogens with zero attached hydrogens (tertiary/aromatic N) is 3. The number of amides is 3. The van der Waals surface area contributed by atoms with Gasteiger partial charge in [0.15, 0.2) is 0 Å². The van der Waals surface area contributed by atoms with Gasteiger partial charge in [0, 0.05) is 6.54 Å². The van der Waals surface area contributed by atoms with Crippen LogP contribution in [0.3, 0.4) is 0 Å². The Hall–Kier alpha value is -1.88. The molecule has 2 atom stereocenters. The lowest BCUT2D eigenvalue weighted by atomic mass is 10.0. The van der Waals surface area contributed by atoms with E-state index in [4.69, 9.17) is 0 Å². The zero-order valence-corrected chi connectivity index (χ0v) is 13.2. The molecule has 0 N–H and O–H groups in total. The summed E-state index contributed by atoms with van der Waals surface area (Å²) in [4.78, 5) is 30.4. The molecule has 1 aromatic rings. The summed E-state index contributed by atoms with van der Waals surface area (Å²) in [5.74, 6) is -0.0209. The van der Waals surface area contributed by atoms with Crippen molar-refractivity contribution < 1.29 is 9.59 Å². The van der Waals surface area contributed by atoms with Gasteiger partial charge in [-0.2, -0.15) is 0 Å². The first-order chi connectivity index (χ1) is 10.6. The molecule has 1 aromatic carbocycles. The maximum Gasteiger partial charge on any atom is 0.327 e. The number of rotatable bonds is 4. The normalized spacial score (nSPS) is 23.1. The number of urea groups is 1. The molecule has 22 heavy (non-hydrogen) atoms. The lowest BCUT2D eigenvalue weighted by Gasteiger charge is -2.28. The highest BCUT2D eigenvalue weighted by atomic mass is 16.2. The van der Waals surface area contributed by atoms with Crippen LogP contribution in [-0.2, 0) is 4.79 Å². The van der Waals surface area contributed by atoms with Crippen molar-refractivity contribution in [3.05, 3.63) is 35.9 Å². The molecule has 3 rings (SSSR count). The van der Waals surface area contributed by atoms with Crippen LogP contribution in [0.2, 0.25) is 0 Å². The summed E-state index contributed by atoms with van der Waals surface area (Å²) < 4.78 is 0. The fraction of sp³-hybridized carbons (Fsp3) is 0.529. The summed E-state index contributed by atoms with van der Waals surface area (Å²) >= 11 is 0. The monoisotopic (exact) mass is 301 g/mol. The van der Waals surface area contributed by atoms with Crippen LogP contribution in [-0.4, -0.2) is 59.9 Å². The third kappa shape index (κ3) is 2.61. The molecule has 0 saturated carbocycles. The quantitative estimate of drug-likeness (QED) is 0.800. The minimum Gasteiger partial charge on any atom is -0.312 e. The number of hydrogen-bond donors (Lipinski definition) is 0. The molecule has 5 heteroatoms. The number of likely N-dealkylation sites (N-methyl/N-ethyl adjacent to an activating group) is 1. The minimum absolute atomic E-state index is 0.0209. The summed E-state index contributed by atoms with van der Waals surface area (Å²) in [6.45, 7) is 1.13. The van der Waals surface area contributed by atoms with Crippen molar-refractivity contribution in [1.82, 2.24) is 14.7 Å². The Morgan fingerprint density at radius 1 is 1.18 bits per heavy atom. The van der Waals surface area contributed by atoms with Gasteiger partial charge in [-0.3, -0.25) is 9.69 Å². The molecule has 2 aliphatic rings. The van der Waals surface area contributed by atoms with Gasteiger partial charge < -0.3 is 9.80 Å². The Kier molecular flexibility index (Phi) is 4.16. The van der Waals surface area contributed by atoms with Crippen LogP contribution in [0.5, 0.6) is 0 Å². The predicted molar refractivity (Wildman–Crippen MR) is 84.3 cm³/mol. The lowest BCUT2D eigenvalue weighted by Crippen LogP contribution is -2.40. The fourth-order valence-corrected chi connectivity index (χ4v) is 3.43. The van der Waals surface area contributed by atoms with Gasteiger partial charge in [0.1, 0.15) is 6.04 Å². The van der Waals surface area contributed by atoms with Crippen LogP contribution in [0.1, 0.15) is 30.9 Å². The first-order valence-electron chi connectivity index (χ1n) is 7.93. The Bertz CT molecular complexity index is 534. The van der Waals surface area contributed by atoms with Gasteiger partial charge in [-0.05, 0) is 38.9 Å². The number of hydrogen-bond acceptors (Lipinski definition) is 3. The summed E-state index contributed by atoms with van der Waals surface area (Å²) in [7, 11) is 3.96. The van der Waals surface area contributed by atoms with Crippen LogP contribution >= 0.6 is 0 Å². The Balaban J connectivity index is 1.81. The molecule has 2 aliphatic heterocycles. The fourth-order valence-electron chi connectivity index (χ4n) is 3.43. The summed E-state index contributed by atoms with van der Waals surface area (Å²) in [5.41, 5.74) is 1.12. The first-order valence-corrected chi connectivity index (χ1v) is 7.93. The lowest BCUT2D eigenvalue weighted by molar-refractivity contribution is -0.129. The number of piperidine rings is 1. The van der Waals surface area contributed by atoms with Crippen molar-refractivity contribution in [2.45, 2.75) is 31.3 Å². The van der Waals surface area contributed by atoms with Gasteiger partial charge in [0.25, 0.3) is 5.91 Å². The molecule has 0 unspecified atom stereocenters. The van der Waals surface area contributed by atoms with Crippen molar-refractivity contribution in [2.24, 2.45) is 0 Å². The third-order valence-electron chi connectivity index (χ3n) is 4.69. The van der Waals surface area contributed by atoms with Gasteiger partial charge in [0.05, 0.1) is 12.6 Å². The molecule has 0 bridgehead atoms. The second kappa shape index (κ2) is 6.08. The van der Waals surface area contributed by atoms with Crippen molar-refractivity contribution in [3.8, 4) is 0 Å². The van der Waals surface area contributed by atoms with Crippen LogP contribution < -0.4 is 0 Å². The van der Waals surface area contributed by atoms with Gasteiger partial charge in [-0.25, -0.2) is 4.79 Å². The van der Waals surface area contributed by atoms with E-state index in [0.717, 1.165) is 24.8 Å². The second-order valence-corrected chi connectivity index (χ2v) is 6.33. The van der Waals surface area contributed by atoms with E-state index in [0.29, 0.717) is 13.1 Å². The Morgan fingerprint density at radius 2 is 1.91 bits per heavy atom. The van der Waals surface area contributed by atoms with Gasteiger partial charge in [-0.1, -0.05) is 30.3 Å². The van der Waals surface area contributed by atoms with Gasteiger partial charge in [-0.15, -0.1) is 0 Å². The molecule has 0 aliphatic carbocycles. The number of benzene rings is 1. The molecule has 2 heterocycles. The van der Waals surface area contributed by atoms with Gasteiger partial charge >= 0.3 is 6.03 Å². The van der Waals surface area contributed by atoms with Crippen LogP contribution in [0.15, 0.2) is 30.3 Å². The van der Waals surface area contributed by atoms with E-state index >= 15 is 0 Å². The highest BCUT2D eigenvalue weighted by Gasteiger charge is 2.46. The van der Waals surface area contributed by atoms with Crippen molar-refractivity contribution in [3.63, 3.8) is 0 Å². The van der Waals surface area contributed by atoms with E-state index in [2.05, 4.69) is 4.90 Å². The summed E-state index contributed by atoms with van der Waals surface area (Å²) in [6.07, 6.45) is 2.84. The standard InChI is InChI=1S/C17H23N3O2/c1-18(2)15(13-8-4-3-5-9-13)12-20-16(21)14-10-6-7-11-19(14)17(20)22/h3-5,8-9,14-15H,6-7,10-12H2,1-2H3/t14-,15+/m0/s1. The average molecular weight is 301 g/mol. The molecular formula is C17H23N3O2. The van der Waals surface area contributed by atoms with Crippen molar-refractivity contribution in [2.75, 3.05) is 27.2 Å². The number of imide groups is 1. The summed E-state index contributed by atoms with van der Waals surface area (Å²) in [6, 6.07) is 9.73. The van der Waals surface area contributed by atoms with E-state index in [-0.39, 0.29) is 24.0 Å². The number of carbonyl (C=O) groups excluding carboxylic acids is 2. The molecule has 2 fully saturated rings. The molecule has 0 spiro atoms. The first kappa shape index (κ1) is 15.0. The zero-order chi connectivity index (χ0) is 15.7. The van der Waals surface area contributed by atoms with Crippen LogP contribution in [0.25, 0.3) is 0 Å². The minimum atomic E-state index is -0.222. The topological polar surface area (TPSA) is 43.9 Å². The molecule has 0 aromatic heterocycles. The van der Waals surface area contributed by atoms with E-state index in [1.54, 1.807) is 4.90 Å². The molecule has 0 radical (unpaired) electrons. The third-order valence-corrected chi connectivity index (χ3v) is 4.69. The molecule has 2 saturated heterocycles. The van der Waals surface area contributed by atoms with Crippen molar-refractivity contribution in [1.29, 1.82) is 0 Å². The van der Waals surface area contributed by atoms with E-state index in [1.807, 2.05) is 44.4 Å². The average Bonchev–Trinajstić information content (AvgIpc) is 2.78. The second-order valence-electron chi connectivity index (χ2n) is 6.33. The maximum atomic E-state index is 12.6. The van der Waals surface area contributed by atoms with Crippen molar-refractivity contribution >= 4 is 11.9 Å². The SMILES string of the molecule is CN(C)[C@H](CN1C(=O)[C@@H]2CCCCN2C1=O)c1ccccc1. The highest BCUT2D eigenvalue weighted by molar-refractivity contribution is 6.04. The molecule has 118 valence electrons. The predicted octanol–water partition coefficient (Wildman–Crippen LogP) is 2.11. The highest BCUT2D eigenvalue weighted by Crippen LogP contribution is 2.29. The number of carbonyl (C=O) groups is 2. The number of fused-ring (bicyclic) bond motifs is 1. The maximum absolute atomic E-state index is 12.6.